The second kappa shape index (κ2) is 6.18. The number of halogens is 2. The first-order valence-electron chi connectivity index (χ1n) is 6.82. The summed E-state index contributed by atoms with van der Waals surface area (Å²) in [6.45, 7) is 2.02. The molecular weight excluding hydrogens is 246 g/mol. The van der Waals surface area contributed by atoms with E-state index >= 15 is 0 Å². The van der Waals surface area contributed by atoms with Crippen molar-refractivity contribution in [3.05, 3.63) is 41.5 Å². The maximum absolute atomic E-state index is 14.0. The molecule has 1 nitrogen and oxygen atoms in total. The molecule has 1 aliphatic carbocycles. The Bertz CT molecular complexity index is 460. The molecule has 0 saturated heterocycles. The average molecular weight is 266 g/mol. The van der Waals surface area contributed by atoms with Crippen molar-refractivity contribution in [2.75, 3.05) is 7.11 Å². The van der Waals surface area contributed by atoms with Gasteiger partial charge in [-0.15, -0.1) is 0 Å². The Kier molecular flexibility index (Phi) is 4.56. The van der Waals surface area contributed by atoms with E-state index < -0.39 is 11.6 Å². The summed E-state index contributed by atoms with van der Waals surface area (Å²) in [6.07, 6.45) is 8.19. The molecule has 0 unspecified atom stereocenters. The number of allylic oxidation sites excluding steroid dienone is 2. The zero-order valence-electron chi connectivity index (χ0n) is 11.5. The molecule has 0 aromatic heterocycles. The lowest BCUT2D eigenvalue weighted by atomic mass is 9.78. The quantitative estimate of drug-likeness (QED) is 0.712. The third kappa shape index (κ3) is 2.96. The predicted octanol–water partition coefficient (Wildman–Crippen LogP) is 4.82. The number of hydrogen-bond acceptors (Lipinski definition) is 1. The minimum atomic E-state index is -0.865. The summed E-state index contributed by atoms with van der Waals surface area (Å²) in [4.78, 5) is 0. The molecule has 104 valence electrons. The Balaban J connectivity index is 2.14. The van der Waals surface area contributed by atoms with Gasteiger partial charge in [0.1, 0.15) is 0 Å². The molecule has 0 atom stereocenters. The third-order valence-corrected chi connectivity index (χ3v) is 3.97. The van der Waals surface area contributed by atoms with Crippen LogP contribution in [0.15, 0.2) is 24.3 Å². The van der Waals surface area contributed by atoms with Crippen LogP contribution in [0.3, 0.4) is 0 Å². The van der Waals surface area contributed by atoms with Crippen LogP contribution in [0.2, 0.25) is 0 Å². The first kappa shape index (κ1) is 14.0. The van der Waals surface area contributed by atoms with Crippen molar-refractivity contribution >= 4 is 0 Å². The van der Waals surface area contributed by atoms with Gasteiger partial charge in [-0.3, -0.25) is 0 Å². The fourth-order valence-electron chi connectivity index (χ4n) is 2.91. The maximum Gasteiger partial charge on any atom is 0.200 e. The SMILES string of the molecule is CC=CC1CCC(c2ccc(OC)c(F)c2F)CC1. The van der Waals surface area contributed by atoms with Gasteiger partial charge in [0, 0.05) is 0 Å². The van der Waals surface area contributed by atoms with Crippen LogP contribution < -0.4 is 4.74 Å². The van der Waals surface area contributed by atoms with E-state index in [-0.39, 0.29) is 11.7 Å². The Morgan fingerprint density at radius 1 is 1.11 bits per heavy atom. The van der Waals surface area contributed by atoms with Crippen molar-refractivity contribution in [3.63, 3.8) is 0 Å². The highest BCUT2D eigenvalue weighted by atomic mass is 19.2. The lowest BCUT2D eigenvalue weighted by molar-refractivity contribution is 0.349. The fourth-order valence-corrected chi connectivity index (χ4v) is 2.91. The third-order valence-electron chi connectivity index (χ3n) is 3.97. The number of methoxy groups -OCH3 is 1. The van der Waals surface area contributed by atoms with Gasteiger partial charge < -0.3 is 4.74 Å². The maximum atomic E-state index is 14.0. The Morgan fingerprint density at radius 2 is 1.79 bits per heavy atom. The van der Waals surface area contributed by atoms with Gasteiger partial charge in [-0.2, -0.15) is 4.39 Å². The number of rotatable bonds is 3. The van der Waals surface area contributed by atoms with Crippen LogP contribution in [-0.2, 0) is 0 Å². The zero-order chi connectivity index (χ0) is 13.8. The van der Waals surface area contributed by atoms with Crippen LogP contribution in [0.1, 0.15) is 44.1 Å². The van der Waals surface area contributed by atoms with Crippen LogP contribution in [0.5, 0.6) is 5.75 Å². The summed E-state index contributed by atoms with van der Waals surface area (Å²) >= 11 is 0. The first-order valence-corrected chi connectivity index (χ1v) is 6.82. The molecule has 0 spiro atoms. The molecule has 3 heteroatoms. The standard InChI is InChI=1S/C16H20F2O/c1-3-4-11-5-7-12(8-6-11)13-9-10-14(19-2)16(18)15(13)17/h3-4,9-12H,5-8H2,1-2H3. The molecule has 19 heavy (non-hydrogen) atoms. The Morgan fingerprint density at radius 3 is 2.37 bits per heavy atom. The highest BCUT2D eigenvalue weighted by molar-refractivity contribution is 5.33. The normalized spacial score (nSPS) is 23.8. The molecule has 1 aliphatic rings. The van der Waals surface area contributed by atoms with Crippen molar-refractivity contribution in [2.45, 2.75) is 38.5 Å². The summed E-state index contributed by atoms with van der Waals surface area (Å²) in [5, 5.41) is 0. The van der Waals surface area contributed by atoms with E-state index in [1.165, 1.54) is 13.2 Å². The van der Waals surface area contributed by atoms with Crippen molar-refractivity contribution in [1.29, 1.82) is 0 Å². The fraction of sp³-hybridized carbons (Fsp3) is 0.500. The van der Waals surface area contributed by atoms with Crippen LogP contribution in [0.4, 0.5) is 8.78 Å². The highest BCUT2D eigenvalue weighted by Gasteiger charge is 2.25. The van der Waals surface area contributed by atoms with Gasteiger partial charge in [0.05, 0.1) is 7.11 Å². The molecule has 0 aliphatic heterocycles. The van der Waals surface area contributed by atoms with E-state index in [1.54, 1.807) is 6.07 Å². The smallest absolute Gasteiger partial charge is 0.200 e. The van der Waals surface area contributed by atoms with Crippen LogP contribution in [-0.4, -0.2) is 7.11 Å². The van der Waals surface area contributed by atoms with E-state index in [0.717, 1.165) is 25.7 Å². The highest BCUT2D eigenvalue weighted by Crippen LogP contribution is 2.38. The molecule has 1 aromatic rings. The minimum Gasteiger partial charge on any atom is -0.494 e. The van der Waals surface area contributed by atoms with Gasteiger partial charge in [0.15, 0.2) is 11.6 Å². The molecule has 1 aromatic carbocycles. The predicted molar refractivity (Wildman–Crippen MR) is 72.4 cm³/mol. The molecule has 2 rings (SSSR count). The van der Waals surface area contributed by atoms with Gasteiger partial charge in [-0.25, -0.2) is 4.39 Å². The lowest BCUT2D eigenvalue weighted by Gasteiger charge is -2.27. The summed E-state index contributed by atoms with van der Waals surface area (Å²) < 4.78 is 32.5. The molecular formula is C16H20F2O. The summed E-state index contributed by atoms with van der Waals surface area (Å²) in [6, 6.07) is 3.18. The van der Waals surface area contributed by atoms with Crippen LogP contribution in [0, 0.1) is 17.6 Å². The van der Waals surface area contributed by atoms with E-state index in [1.807, 2.05) is 6.92 Å². The minimum absolute atomic E-state index is 0.0242. The van der Waals surface area contributed by atoms with E-state index in [9.17, 15) is 8.78 Å². The van der Waals surface area contributed by atoms with Crippen molar-refractivity contribution in [3.8, 4) is 5.75 Å². The zero-order valence-corrected chi connectivity index (χ0v) is 11.5. The molecule has 0 N–H and O–H groups in total. The number of benzene rings is 1. The molecule has 0 amide bonds. The van der Waals surface area contributed by atoms with Crippen molar-refractivity contribution in [1.82, 2.24) is 0 Å². The van der Waals surface area contributed by atoms with Gasteiger partial charge in [0.25, 0.3) is 0 Å². The van der Waals surface area contributed by atoms with E-state index in [2.05, 4.69) is 12.2 Å². The molecule has 0 radical (unpaired) electrons. The van der Waals surface area contributed by atoms with Gasteiger partial charge >= 0.3 is 0 Å². The van der Waals surface area contributed by atoms with Crippen molar-refractivity contribution < 1.29 is 13.5 Å². The molecule has 0 bridgehead atoms. The Labute approximate surface area is 113 Å². The van der Waals surface area contributed by atoms with Gasteiger partial charge in [-0.05, 0) is 56.1 Å². The Hall–Kier alpha value is -1.38. The second-order valence-corrected chi connectivity index (χ2v) is 5.12. The second-order valence-electron chi connectivity index (χ2n) is 5.12. The van der Waals surface area contributed by atoms with Crippen molar-refractivity contribution in [2.24, 2.45) is 5.92 Å². The molecule has 0 heterocycles. The van der Waals surface area contributed by atoms with E-state index in [4.69, 9.17) is 4.74 Å². The van der Waals surface area contributed by atoms with E-state index in [0.29, 0.717) is 11.5 Å². The topological polar surface area (TPSA) is 9.23 Å². The summed E-state index contributed by atoms with van der Waals surface area (Å²) in [7, 11) is 1.35. The average Bonchev–Trinajstić information content (AvgIpc) is 2.43. The number of ether oxygens (including phenoxy) is 1. The molecule has 1 fully saturated rings. The van der Waals surface area contributed by atoms with Gasteiger partial charge in [-0.1, -0.05) is 18.2 Å². The largest absolute Gasteiger partial charge is 0.494 e. The summed E-state index contributed by atoms with van der Waals surface area (Å²) in [5.41, 5.74) is 0.497. The van der Waals surface area contributed by atoms with Crippen LogP contribution >= 0.6 is 0 Å². The number of hydrogen-bond donors (Lipinski definition) is 0. The summed E-state index contributed by atoms with van der Waals surface area (Å²) in [5.74, 6) is -0.914. The van der Waals surface area contributed by atoms with Gasteiger partial charge in [0.2, 0.25) is 5.82 Å². The monoisotopic (exact) mass is 266 g/mol. The molecule has 1 saturated carbocycles. The first-order chi connectivity index (χ1) is 9.17. The van der Waals surface area contributed by atoms with Crippen LogP contribution in [0.25, 0.3) is 0 Å². The lowest BCUT2D eigenvalue weighted by Crippen LogP contribution is -2.13.